The first-order valence-corrected chi connectivity index (χ1v) is 10.9. The van der Waals surface area contributed by atoms with Crippen molar-refractivity contribution in [2.45, 2.75) is 32.2 Å². The van der Waals surface area contributed by atoms with E-state index >= 15 is 0 Å². The third kappa shape index (κ3) is 5.36. The zero-order valence-corrected chi connectivity index (χ0v) is 19.5. The first kappa shape index (κ1) is 21.3. The number of nitrogens with one attached hydrogen (secondary N) is 1. The molecule has 152 valence electrons. The molecule has 3 saturated heterocycles. The number of likely N-dealkylation sites (tertiary alicyclic amines) is 2. The minimum atomic E-state index is 0. The molecule has 1 spiro atoms. The fourth-order valence-corrected chi connectivity index (χ4v) is 5.37. The van der Waals surface area contributed by atoms with E-state index in [1.54, 1.807) is 0 Å². The Labute approximate surface area is 184 Å². The fraction of sp³-hybridized carbons (Fsp3) is 0.750. The lowest BCUT2D eigenvalue weighted by atomic mass is 9.87. The summed E-state index contributed by atoms with van der Waals surface area (Å²) in [5.41, 5.74) is 0.394. The zero-order chi connectivity index (χ0) is 17.8. The number of aliphatic imine (C=N–C) groups is 1. The summed E-state index contributed by atoms with van der Waals surface area (Å²) in [5, 5.41) is 5.84. The maximum Gasteiger partial charge on any atom is 0.193 e. The molecule has 0 saturated carbocycles. The van der Waals surface area contributed by atoms with E-state index in [1.165, 1.54) is 43.6 Å². The molecular formula is C20H33IN4OS. The monoisotopic (exact) mass is 504 g/mol. The Morgan fingerprint density at radius 2 is 2.19 bits per heavy atom. The predicted molar refractivity (Wildman–Crippen MR) is 123 cm³/mol. The number of hydrogen-bond acceptors (Lipinski definition) is 4. The molecule has 0 bridgehead atoms. The molecule has 3 aliphatic rings. The summed E-state index contributed by atoms with van der Waals surface area (Å²) in [7, 11) is 1.92. The highest BCUT2D eigenvalue weighted by Gasteiger charge is 2.42. The molecule has 3 fully saturated rings. The van der Waals surface area contributed by atoms with Crippen molar-refractivity contribution in [3.05, 3.63) is 22.4 Å². The molecule has 1 atom stereocenters. The third-order valence-corrected chi connectivity index (χ3v) is 7.21. The Morgan fingerprint density at radius 3 is 2.85 bits per heavy atom. The van der Waals surface area contributed by atoms with Gasteiger partial charge in [-0.15, -0.1) is 35.3 Å². The summed E-state index contributed by atoms with van der Waals surface area (Å²) >= 11 is 1.87. The molecule has 1 N–H and O–H groups in total. The van der Waals surface area contributed by atoms with Gasteiger partial charge in [0.25, 0.3) is 0 Å². The Bertz CT molecular complexity index is 595. The van der Waals surface area contributed by atoms with Gasteiger partial charge < -0.3 is 15.0 Å². The maximum absolute atomic E-state index is 5.66. The molecule has 5 nitrogen and oxygen atoms in total. The van der Waals surface area contributed by atoms with Crippen LogP contribution in [-0.4, -0.2) is 68.7 Å². The first-order chi connectivity index (χ1) is 12.8. The summed E-state index contributed by atoms with van der Waals surface area (Å²) in [6.07, 6.45) is 5.03. The van der Waals surface area contributed by atoms with E-state index in [0.29, 0.717) is 5.41 Å². The molecule has 3 aliphatic heterocycles. The summed E-state index contributed by atoms with van der Waals surface area (Å²) in [6.45, 7) is 8.69. The average Bonchev–Trinajstić information content (AvgIpc) is 3.41. The standard InChI is InChI=1S/C20H32N4OS.HI/c1-21-19(24-10-6-20(15-24)7-11-25-16-20)22-13-17-4-8-23(9-5-17)14-18-3-2-12-26-18;/h2-3,12,17H,4-11,13-16H2,1H3,(H,21,22);1H. The summed E-state index contributed by atoms with van der Waals surface area (Å²) in [6, 6.07) is 4.41. The minimum absolute atomic E-state index is 0. The summed E-state index contributed by atoms with van der Waals surface area (Å²) in [5.74, 6) is 1.85. The van der Waals surface area contributed by atoms with Gasteiger partial charge in [-0.2, -0.15) is 0 Å². The lowest BCUT2D eigenvalue weighted by molar-refractivity contribution is 0.156. The fourth-order valence-electron chi connectivity index (χ4n) is 4.63. The van der Waals surface area contributed by atoms with Crippen LogP contribution in [0.2, 0.25) is 0 Å². The van der Waals surface area contributed by atoms with Crippen LogP contribution >= 0.6 is 35.3 Å². The van der Waals surface area contributed by atoms with E-state index in [4.69, 9.17) is 4.74 Å². The van der Waals surface area contributed by atoms with Crippen molar-refractivity contribution >= 4 is 41.3 Å². The van der Waals surface area contributed by atoms with Crippen LogP contribution < -0.4 is 5.32 Å². The number of halogens is 1. The van der Waals surface area contributed by atoms with Crippen LogP contribution in [0.4, 0.5) is 0 Å². The van der Waals surface area contributed by atoms with Crippen LogP contribution in [0.15, 0.2) is 22.5 Å². The number of ether oxygens (including phenoxy) is 1. The average molecular weight is 504 g/mol. The molecule has 7 heteroatoms. The third-order valence-electron chi connectivity index (χ3n) is 6.35. The van der Waals surface area contributed by atoms with Gasteiger partial charge in [0.1, 0.15) is 0 Å². The van der Waals surface area contributed by atoms with Crippen LogP contribution in [0.3, 0.4) is 0 Å². The molecule has 0 radical (unpaired) electrons. The summed E-state index contributed by atoms with van der Waals surface area (Å²) in [4.78, 5) is 11.1. The number of guanidine groups is 1. The molecule has 4 rings (SSSR count). The Balaban J connectivity index is 0.00000210. The van der Waals surface area contributed by atoms with E-state index in [1.807, 2.05) is 18.4 Å². The van der Waals surface area contributed by atoms with E-state index in [9.17, 15) is 0 Å². The van der Waals surface area contributed by atoms with Crippen molar-refractivity contribution in [3.8, 4) is 0 Å². The Kier molecular flexibility index (Phi) is 7.82. The molecule has 0 aliphatic carbocycles. The van der Waals surface area contributed by atoms with E-state index in [-0.39, 0.29) is 24.0 Å². The smallest absolute Gasteiger partial charge is 0.193 e. The van der Waals surface area contributed by atoms with Crippen LogP contribution in [0.1, 0.15) is 30.6 Å². The second kappa shape index (κ2) is 9.89. The van der Waals surface area contributed by atoms with Crippen molar-refractivity contribution in [2.75, 3.05) is 53.0 Å². The first-order valence-electron chi connectivity index (χ1n) is 10.0. The molecule has 0 aromatic carbocycles. The van der Waals surface area contributed by atoms with Gasteiger partial charge in [0, 0.05) is 50.1 Å². The van der Waals surface area contributed by atoms with Gasteiger partial charge in [-0.05, 0) is 56.1 Å². The molecule has 1 unspecified atom stereocenters. The van der Waals surface area contributed by atoms with Gasteiger partial charge in [-0.25, -0.2) is 0 Å². The van der Waals surface area contributed by atoms with Crippen LogP contribution in [0.25, 0.3) is 0 Å². The highest BCUT2D eigenvalue weighted by molar-refractivity contribution is 14.0. The molecule has 0 amide bonds. The van der Waals surface area contributed by atoms with Gasteiger partial charge in [-0.1, -0.05) is 6.07 Å². The van der Waals surface area contributed by atoms with Crippen molar-refractivity contribution in [1.82, 2.24) is 15.1 Å². The quantitative estimate of drug-likeness (QED) is 0.388. The lowest BCUT2D eigenvalue weighted by Crippen LogP contribution is -2.44. The van der Waals surface area contributed by atoms with Gasteiger partial charge in [0.2, 0.25) is 0 Å². The minimum Gasteiger partial charge on any atom is -0.381 e. The highest BCUT2D eigenvalue weighted by Crippen LogP contribution is 2.38. The van der Waals surface area contributed by atoms with Gasteiger partial charge in [0.15, 0.2) is 5.96 Å². The zero-order valence-electron chi connectivity index (χ0n) is 16.4. The van der Waals surface area contributed by atoms with Crippen LogP contribution in [-0.2, 0) is 11.3 Å². The van der Waals surface area contributed by atoms with Gasteiger partial charge in [0.05, 0.1) is 6.61 Å². The van der Waals surface area contributed by atoms with Gasteiger partial charge >= 0.3 is 0 Å². The second-order valence-corrected chi connectivity index (χ2v) is 9.23. The molecule has 4 heterocycles. The van der Waals surface area contributed by atoms with Crippen LogP contribution in [0, 0.1) is 11.3 Å². The lowest BCUT2D eigenvalue weighted by Gasteiger charge is -2.32. The topological polar surface area (TPSA) is 40.1 Å². The number of thiophene rings is 1. The molecule has 1 aromatic rings. The van der Waals surface area contributed by atoms with Crippen LogP contribution in [0.5, 0.6) is 0 Å². The highest BCUT2D eigenvalue weighted by atomic mass is 127. The predicted octanol–water partition coefficient (Wildman–Crippen LogP) is 3.27. The number of piperidine rings is 1. The largest absolute Gasteiger partial charge is 0.381 e. The van der Waals surface area contributed by atoms with E-state index < -0.39 is 0 Å². The molecule has 27 heavy (non-hydrogen) atoms. The Hall–Kier alpha value is -0.380. The SMILES string of the molecule is CN=C(NCC1CCN(Cc2cccs2)CC1)N1CCC2(CCOC2)C1.I. The van der Waals surface area contributed by atoms with Crippen molar-refractivity contribution in [2.24, 2.45) is 16.3 Å². The molecule has 1 aromatic heterocycles. The number of hydrogen-bond donors (Lipinski definition) is 1. The Morgan fingerprint density at radius 1 is 1.33 bits per heavy atom. The summed E-state index contributed by atoms with van der Waals surface area (Å²) < 4.78 is 5.66. The molecular weight excluding hydrogens is 471 g/mol. The van der Waals surface area contributed by atoms with Gasteiger partial charge in [-0.3, -0.25) is 9.89 Å². The maximum atomic E-state index is 5.66. The van der Waals surface area contributed by atoms with E-state index in [0.717, 1.165) is 51.3 Å². The number of rotatable bonds is 4. The second-order valence-electron chi connectivity index (χ2n) is 8.20. The van der Waals surface area contributed by atoms with Crippen molar-refractivity contribution < 1.29 is 4.74 Å². The van der Waals surface area contributed by atoms with Crippen molar-refractivity contribution in [3.63, 3.8) is 0 Å². The normalized spacial score (nSPS) is 27.3. The number of nitrogens with zero attached hydrogens (tertiary/aromatic N) is 3. The van der Waals surface area contributed by atoms with E-state index in [2.05, 4.69) is 37.6 Å². The van der Waals surface area contributed by atoms with Crippen molar-refractivity contribution in [1.29, 1.82) is 0 Å².